The molecule has 3 rings (SSSR count). The lowest BCUT2D eigenvalue weighted by Crippen LogP contribution is -2.42. The minimum Gasteiger partial charge on any atom is -0.468 e. The van der Waals surface area contributed by atoms with Crippen LogP contribution in [0.15, 0.2) is 82.3 Å². The van der Waals surface area contributed by atoms with Gasteiger partial charge in [-0.2, -0.15) is 0 Å². The van der Waals surface area contributed by atoms with Crippen LogP contribution in [0.5, 0.6) is 0 Å². The summed E-state index contributed by atoms with van der Waals surface area (Å²) in [6.45, 7) is -0.159. The Morgan fingerprint density at radius 2 is 1.57 bits per heavy atom. The summed E-state index contributed by atoms with van der Waals surface area (Å²) in [6.07, 6.45) is 1.34. The van der Waals surface area contributed by atoms with Crippen LogP contribution in [0, 0.1) is 0 Å². The van der Waals surface area contributed by atoms with Gasteiger partial charge in [0.1, 0.15) is 11.0 Å². The Hall–Kier alpha value is -3.10. The van der Waals surface area contributed by atoms with Crippen molar-refractivity contribution >= 4 is 33.3 Å². The van der Waals surface area contributed by atoms with Gasteiger partial charge < -0.3 is 15.1 Å². The standard InChI is InChI=1S/C21H19ClN2O5S/c22-16-8-10-17(11-9-16)30(27,28)19(18-7-4-12-29-18)14-24-21(26)20(25)23-13-15-5-2-1-3-6-15/h1-12,19H,13-14H2,(H,23,25)(H,24,26)/t19-/m0/s1. The Labute approximate surface area is 179 Å². The van der Waals surface area contributed by atoms with Gasteiger partial charge in [-0.15, -0.1) is 0 Å². The number of nitrogens with one attached hydrogen (secondary N) is 2. The number of rotatable bonds is 7. The first-order chi connectivity index (χ1) is 14.4. The Balaban J connectivity index is 1.69. The minimum atomic E-state index is -3.92. The summed E-state index contributed by atoms with van der Waals surface area (Å²) in [5.41, 5.74) is 0.831. The van der Waals surface area contributed by atoms with Crippen molar-refractivity contribution in [1.82, 2.24) is 10.6 Å². The van der Waals surface area contributed by atoms with Crippen LogP contribution in [0.2, 0.25) is 5.02 Å². The van der Waals surface area contributed by atoms with E-state index in [1.807, 2.05) is 30.3 Å². The molecule has 0 unspecified atom stereocenters. The third-order valence-corrected chi connectivity index (χ3v) is 6.66. The fraction of sp³-hybridized carbons (Fsp3) is 0.143. The molecule has 2 aromatic carbocycles. The van der Waals surface area contributed by atoms with Gasteiger partial charge in [-0.05, 0) is 42.0 Å². The third kappa shape index (κ3) is 5.28. The number of furan rings is 1. The maximum absolute atomic E-state index is 13.1. The molecule has 0 saturated carbocycles. The van der Waals surface area contributed by atoms with Gasteiger partial charge in [0.25, 0.3) is 0 Å². The zero-order valence-electron chi connectivity index (χ0n) is 15.7. The summed E-state index contributed by atoms with van der Waals surface area (Å²) in [4.78, 5) is 24.3. The largest absolute Gasteiger partial charge is 0.468 e. The maximum Gasteiger partial charge on any atom is 0.309 e. The quantitative estimate of drug-likeness (QED) is 0.543. The van der Waals surface area contributed by atoms with Crippen LogP contribution in [0.25, 0.3) is 0 Å². The van der Waals surface area contributed by atoms with Crippen molar-refractivity contribution in [3.05, 3.63) is 89.3 Å². The molecule has 2 N–H and O–H groups in total. The average molecular weight is 447 g/mol. The average Bonchev–Trinajstić information content (AvgIpc) is 3.27. The Morgan fingerprint density at radius 3 is 2.20 bits per heavy atom. The van der Waals surface area contributed by atoms with Crippen LogP contribution >= 0.6 is 11.6 Å². The van der Waals surface area contributed by atoms with Gasteiger partial charge >= 0.3 is 11.8 Å². The van der Waals surface area contributed by atoms with Crippen LogP contribution in [-0.2, 0) is 26.0 Å². The lowest BCUT2D eigenvalue weighted by Gasteiger charge is -2.16. The van der Waals surface area contributed by atoms with Crippen LogP contribution in [0.1, 0.15) is 16.6 Å². The summed E-state index contributed by atoms with van der Waals surface area (Å²) in [5.74, 6) is -1.65. The Kier molecular flexibility index (Phi) is 6.91. The summed E-state index contributed by atoms with van der Waals surface area (Å²) < 4.78 is 31.4. The van der Waals surface area contributed by atoms with Gasteiger partial charge in [0.05, 0.1) is 11.2 Å². The fourth-order valence-corrected chi connectivity index (χ4v) is 4.46. The first-order valence-electron chi connectivity index (χ1n) is 9.01. The molecule has 0 aliphatic heterocycles. The predicted octanol–water partition coefficient (Wildman–Crippen LogP) is 2.88. The van der Waals surface area contributed by atoms with Gasteiger partial charge in [-0.3, -0.25) is 9.59 Å². The van der Waals surface area contributed by atoms with Crippen LogP contribution < -0.4 is 10.6 Å². The number of benzene rings is 2. The predicted molar refractivity (Wildman–Crippen MR) is 111 cm³/mol. The van der Waals surface area contributed by atoms with Crippen molar-refractivity contribution in [2.75, 3.05) is 6.54 Å². The number of hydrogen-bond acceptors (Lipinski definition) is 5. The van der Waals surface area contributed by atoms with E-state index in [2.05, 4.69) is 10.6 Å². The molecule has 9 heteroatoms. The number of sulfone groups is 1. The van der Waals surface area contributed by atoms with E-state index in [0.717, 1.165) is 5.56 Å². The monoisotopic (exact) mass is 446 g/mol. The molecular formula is C21H19ClN2O5S. The molecule has 1 aromatic heterocycles. The van der Waals surface area contributed by atoms with Crippen LogP contribution in [0.4, 0.5) is 0 Å². The molecule has 0 bridgehead atoms. The summed E-state index contributed by atoms with van der Waals surface area (Å²) in [7, 11) is -3.92. The van der Waals surface area contributed by atoms with Gasteiger partial charge in [0, 0.05) is 18.1 Å². The van der Waals surface area contributed by atoms with E-state index in [1.54, 1.807) is 6.07 Å². The topological polar surface area (TPSA) is 105 Å². The number of halogens is 1. The number of carbonyl (C=O) groups excluding carboxylic acids is 2. The second-order valence-electron chi connectivity index (χ2n) is 6.38. The highest BCUT2D eigenvalue weighted by molar-refractivity contribution is 7.91. The summed E-state index contributed by atoms with van der Waals surface area (Å²) >= 11 is 5.84. The molecule has 30 heavy (non-hydrogen) atoms. The maximum atomic E-state index is 13.1. The fourth-order valence-electron chi connectivity index (χ4n) is 2.75. The number of carbonyl (C=O) groups is 2. The van der Waals surface area contributed by atoms with Crippen molar-refractivity contribution in [1.29, 1.82) is 0 Å². The molecule has 156 valence electrons. The van der Waals surface area contributed by atoms with E-state index in [0.29, 0.717) is 5.02 Å². The second-order valence-corrected chi connectivity index (χ2v) is 8.95. The summed E-state index contributed by atoms with van der Waals surface area (Å²) in [6, 6.07) is 17.8. The lowest BCUT2D eigenvalue weighted by atomic mass is 10.2. The van der Waals surface area contributed by atoms with Crippen molar-refractivity contribution in [3.8, 4) is 0 Å². The van der Waals surface area contributed by atoms with Crippen molar-refractivity contribution < 1.29 is 22.4 Å². The molecule has 0 fully saturated rings. The van der Waals surface area contributed by atoms with Crippen molar-refractivity contribution in [2.24, 2.45) is 0 Å². The molecular weight excluding hydrogens is 428 g/mol. The van der Waals surface area contributed by atoms with Gasteiger partial charge in [0.15, 0.2) is 9.84 Å². The van der Waals surface area contributed by atoms with Crippen molar-refractivity contribution in [2.45, 2.75) is 16.7 Å². The van der Waals surface area contributed by atoms with Crippen LogP contribution in [-0.4, -0.2) is 26.8 Å². The normalized spacial score (nSPS) is 12.2. The lowest BCUT2D eigenvalue weighted by molar-refractivity contribution is -0.139. The van der Waals surface area contributed by atoms with E-state index >= 15 is 0 Å². The first kappa shape index (κ1) is 21.6. The molecule has 0 aliphatic carbocycles. The zero-order valence-corrected chi connectivity index (χ0v) is 17.3. The van der Waals surface area contributed by atoms with Gasteiger partial charge in [-0.25, -0.2) is 8.42 Å². The highest BCUT2D eigenvalue weighted by Crippen LogP contribution is 2.29. The SMILES string of the molecule is O=C(NCc1ccccc1)C(=O)NC[C@@H](c1ccco1)S(=O)(=O)c1ccc(Cl)cc1. The summed E-state index contributed by atoms with van der Waals surface area (Å²) in [5, 5.41) is 4.06. The zero-order chi connectivity index (χ0) is 21.6. The molecule has 7 nitrogen and oxygen atoms in total. The van der Waals surface area contributed by atoms with Gasteiger partial charge in [0.2, 0.25) is 0 Å². The first-order valence-corrected chi connectivity index (χ1v) is 10.9. The Morgan fingerprint density at radius 1 is 0.900 bits per heavy atom. The van der Waals surface area contributed by atoms with E-state index in [-0.39, 0.29) is 23.7 Å². The Bertz CT molecular complexity index is 1100. The number of hydrogen-bond donors (Lipinski definition) is 2. The van der Waals surface area contributed by atoms with Crippen LogP contribution in [0.3, 0.4) is 0 Å². The highest BCUT2D eigenvalue weighted by atomic mass is 35.5. The molecule has 0 aliphatic rings. The molecule has 2 amide bonds. The van der Waals surface area contributed by atoms with E-state index < -0.39 is 26.9 Å². The second kappa shape index (κ2) is 9.60. The molecule has 3 aromatic rings. The van der Waals surface area contributed by atoms with E-state index in [9.17, 15) is 18.0 Å². The molecule has 0 radical (unpaired) electrons. The van der Waals surface area contributed by atoms with E-state index in [1.165, 1.54) is 36.6 Å². The van der Waals surface area contributed by atoms with Crippen molar-refractivity contribution in [3.63, 3.8) is 0 Å². The molecule has 0 spiro atoms. The molecule has 1 atom stereocenters. The number of amides is 2. The highest BCUT2D eigenvalue weighted by Gasteiger charge is 2.32. The van der Waals surface area contributed by atoms with E-state index in [4.69, 9.17) is 16.0 Å². The minimum absolute atomic E-state index is 0.0241. The smallest absolute Gasteiger partial charge is 0.309 e. The molecule has 0 saturated heterocycles. The third-order valence-electron chi connectivity index (χ3n) is 4.33. The van der Waals surface area contributed by atoms with Gasteiger partial charge in [-0.1, -0.05) is 41.9 Å². The molecule has 1 heterocycles.